The number of Topliss-reactive ketones (excluding diaryl/α,β-unsaturated/α-hetero) is 1. The van der Waals surface area contributed by atoms with E-state index in [0.29, 0.717) is 0 Å². The van der Waals surface area contributed by atoms with Crippen molar-refractivity contribution in [2.75, 3.05) is 0 Å². The summed E-state index contributed by atoms with van der Waals surface area (Å²) in [6.45, 7) is 0. The number of carboxylic acids is 1. The fourth-order valence-electron chi connectivity index (χ4n) is 2.36. The minimum Gasteiger partial charge on any atom is -0.479 e. The Morgan fingerprint density at radius 3 is 2.40 bits per heavy atom. The maximum absolute atomic E-state index is 12.3. The van der Waals surface area contributed by atoms with Crippen molar-refractivity contribution in [3.8, 4) is 0 Å². The number of ketones is 1. The van der Waals surface area contributed by atoms with Gasteiger partial charge in [-0.25, -0.2) is 4.79 Å². The number of fused-ring (bicyclic) bond motifs is 1. The normalized spacial score (nSPS) is 28.1. The third kappa shape index (κ3) is 1.86. The molecule has 1 aliphatic carbocycles. The first-order valence-corrected chi connectivity index (χ1v) is 6.34. The number of hydrogen-bond donors (Lipinski definition) is 3. The summed E-state index contributed by atoms with van der Waals surface area (Å²) in [5.74, 6) is -2.61. The van der Waals surface area contributed by atoms with E-state index in [1.165, 1.54) is 24.3 Å². The minimum atomic E-state index is -2.75. The maximum atomic E-state index is 12.3. The van der Waals surface area contributed by atoms with E-state index in [9.17, 15) is 24.9 Å². The molecule has 0 spiro atoms. The molecule has 3 N–H and O–H groups in total. The highest BCUT2D eigenvalue weighted by atomic mass is 35.5. The number of hydrogen-bond acceptors (Lipinski definition) is 4. The second-order valence-electron chi connectivity index (χ2n) is 4.45. The van der Waals surface area contributed by atoms with Crippen LogP contribution in [0.2, 0.25) is 0 Å². The predicted octanol–water partition coefficient (Wildman–Crippen LogP) is 1.60. The molecule has 106 valence electrons. The first-order chi connectivity index (χ1) is 9.25. The summed E-state index contributed by atoms with van der Waals surface area (Å²) in [6.07, 6.45) is 0.548. The molecular weight excluding hydrogens is 307 g/mol. The molecule has 1 aromatic rings. The van der Waals surface area contributed by atoms with Crippen LogP contribution in [0.15, 0.2) is 34.8 Å². The molecule has 0 unspecified atom stereocenters. The van der Waals surface area contributed by atoms with Crippen molar-refractivity contribution < 1.29 is 24.9 Å². The van der Waals surface area contributed by atoms with Crippen molar-refractivity contribution in [2.45, 2.75) is 17.6 Å². The van der Waals surface area contributed by atoms with Crippen LogP contribution in [0.25, 0.3) is 0 Å². The van der Waals surface area contributed by atoms with Crippen LogP contribution in [0.1, 0.15) is 22.3 Å². The number of rotatable bonds is 3. The van der Waals surface area contributed by atoms with Crippen LogP contribution in [0.3, 0.4) is 0 Å². The number of carbonyl (C=O) groups excluding carboxylic acids is 1. The predicted molar refractivity (Wildman–Crippen MR) is 71.7 cm³/mol. The molecule has 0 saturated carbocycles. The summed E-state index contributed by atoms with van der Waals surface area (Å²) in [4.78, 5) is 23.7. The van der Waals surface area contributed by atoms with Crippen molar-refractivity contribution in [1.29, 1.82) is 0 Å². The summed E-state index contributed by atoms with van der Waals surface area (Å²) in [7, 11) is 0. The lowest BCUT2D eigenvalue weighted by atomic mass is 9.80. The minimum absolute atomic E-state index is 0.0426. The Bertz CT molecular complexity index is 623. The first kappa shape index (κ1) is 15.0. The van der Waals surface area contributed by atoms with Gasteiger partial charge < -0.3 is 15.3 Å². The van der Waals surface area contributed by atoms with Crippen LogP contribution in [0, 0.1) is 0 Å². The number of carboxylic acid groups (broad SMARTS) is 1. The van der Waals surface area contributed by atoms with E-state index in [1.807, 2.05) is 0 Å². The Balaban J connectivity index is 2.67. The zero-order chi connectivity index (χ0) is 15.1. The van der Waals surface area contributed by atoms with E-state index in [0.717, 1.165) is 6.08 Å². The van der Waals surface area contributed by atoms with Gasteiger partial charge in [-0.2, -0.15) is 0 Å². The smallest absolute Gasteiger partial charge is 0.344 e. The average molecular weight is 317 g/mol. The highest BCUT2D eigenvalue weighted by Gasteiger charge is 2.66. The molecule has 0 amide bonds. The van der Waals surface area contributed by atoms with Crippen LogP contribution in [-0.4, -0.2) is 32.7 Å². The summed E-state index contributed by atoms with van der Waals surface area (Å²) >= 11 is 10.8. The van der Waals surface area contributed by atoms with Gasteiger partial charge >= 0.3 is 5.97 Å². The van der Waals surface area contributed by atoms with Gasteiger partial charge in [0.2, 0.25) is 5.60 Å². The number of halogens is 2. The monoisotopic (exact) mass is 316 g/mol. The molecule has 0 saturated heterocycles. The van der Waals surface area contributed by atoms with Crippen molar-refractivity contribution in [3.05, 3.63) is 46.0 Å². The van der Waals surface area contributed by atoms with E-state index < -0.39 is 29.4 Å². The van der Waals surface area contributed by atoms with Gasteiger partial charge in [-0.05, 0) is 0 Å². The van der Waals surface area contributed by atoms with Crippen molar-refractivity contribution in [3.63, 3.8) is 0 Å². The van der Waals surface area contributed by atoms with Crippen molar-refractivity contribution in [2.24, 2.45) is 0 Å². The van der Waals surface area contributed by atoms with Crippen LogP contribution < -0.4 is 0 Å². The summed E-state index contributed by atoms with van der Waals surface area (Å²) in [5, 5.41) is 30.2. The maximum Gasteiger partial charge on any atom is 0.344 e. The molecule has 5 nitrogen and oxygen atoms in total. The topological polar surface area (TPSA) is 94.8 Å². The molecule has 2 rings (SSSR count). The van der Waals surface area contributed by atoms with Gasteiger partial charge in [-0.3, -0.25) is 4.79 Å². The molecule has 1 aliphatic rings. The van der Waals surface area contributed by atoms with Gasteiger partial charge in [0, 0.05) is 17.5 Å². The Labute approximate surface area is 124 Å². The fourth-order valence-corrected chi connectivity index (χ4v) is 2.52. The summed E-state index contributed by atoms with van der Waals surface area (Å²) in [5.41, 5.74) is -5.50. The molecule has 0 bridgehead atoms. The molecule has 7 heteroatoms. The second-order valence-corrected chi connectivity index (χ2v) is 5.46. The lowest BCUT2D eigenvalue weighted by Gasteiger charge is -2.32. The molecule has 20 heavy (non-hydrogen) atoms. The fraction of sp³-hybridized carbons (Fsp3) is 0.231. The number of aliphatic carboxylic acids is 1. The van der Waals surface area contributed by atoms with Gasteiger partial charge in [-0.1, -0.05) is 53.5 Å². The molecule has 0 fully saturated rings. The number of carbonyl (C=O) groups is 2. The standard InChI is InChI=1S/C13H10Cl2O5/c14-9(15)5-6-12(19)10(16)7-3-1-2-4-8(7)13(12,20)11(17)18/h1-5,19-20H,6H2,(H,17,18)/t12-,13-/m0/s1. The summed E-state index contributed by atoms with van der Waals surface area (Å²) < 4.78 is -0.241. The van der Waals surface area contributed by atoms with Crippen LogP contribution >= 0.6 is 23.2 Å². The van der Waals surface area contributed by atoms with Gasteiger partial charge in [-0.15, -0.1) is 0 Å². The zero-order valence-corrected chi connectivity index (χ0v) is 11.5. The molecule has 0 radical (unpaired) electrons. The highest BCUT2D eigenvalue weighted by Crippen LogP contribution is 2.46. The zero-order valence-electron chi connectivity index (χ0n) is 10.0. The van der Waals surface area contributed by atoms with E-state index >= 15 is 0 Å². The molecule has 0 aromatic heterocycles. The second kappa shape index (κ2) is 4.86. The first-order valence-electron chi connectivity index (χ1n) is 5.58. The Kier molecular flexibility index (Phi) is 3.64. The van der Waals surface area contributed by atoms with Crippen LogP contribution in [0.4, 0.5) is 0 Å². The Morgan fingerprint density at radius 2 is 1.85 bits per heavy atom. The quantitative estimate of drug-likeness (QED) is 0.787. The van der Waals surface area contributed by atoms with Gasteiger partial charge in [0.15, 0.2) is 11.4 Å². The molecule has 2 atom stereocenters. The van der Waals surface area contributed by atoms with Gasteiger partial charge in [0.1, 0.15) is 4.49 Å². The molecule has 0 aliphatic heterocycles. The van der Waals surface area contributed by atoms with E-state index in [4.69, 9.17) is 23.2 Å². The third-order valence-electron chi connectivity index (χ3n) is 3.40. The van der Waals surface area contributed by atoms with E-state index in [1.54, 1.807) is 0 Å². The van der Waals surface area contributed by atoms with Crippen LogP contribution in [0.5, 0.6) is 0 Å². The van der Waals surface area contributed by atoms with Crippen molar-refractivity contribution >= 4 is 35.0 Å². The molecule has 1 aromatic carbocycles. The van der Waals surface area contributed by atoms with Crippen LogP contribution in [-0.2, 0) is 10.4 Å². The third-order valence-corrected chi connectivity index (χ3v) is 3.71. The van der Waals surface area contributed by atoms with Gasteiger partial charge in [0.25, 0.3) is 0 Å². The van der Waals surface area contributed by atoms with Crippen molar-refractivity contribution in [1.82, 2.24) is 0 Å². The molecular formula is C13H10Cl2O5. The Hall–Kier alpha value is -1.40. The summed E-state index contributed by atoms with van der Waals surface area (Å²) in [6, 6.07) is 5.60. The Morgan fingerprint density at radius 1 is 1.25 bits per heavy atom. The SMILES string of the molecule is O=C(O)[C@@]1(O)c2ccccc2C(=O)[C@@]1(O)CC=C(Cl)Cl. The number of aliphatic hydroxyl groups is 2. The lowest BCUT2D eigenvalue weighted by Crippen LogP contribution is -2.56. The van der Waals surface area contributed by atoms with E-state index in [-0.39, 0.29) is 15.6 Å². The van der Waals surface area contributed by atoms with E-state index in [2.05, 4.69) is 0 Å². The average Bonchev–Trinajstić information content (AvgIpc) is 2.58. The number of benzene rings is 1. The highest BCUT2D eigenvalue weighted by molar-refractivity contribution is 6.55. The van der Waals surface area contributed by atoms with Gasteiger partial charge in [0.05, 0.1) is 0 Å². The lowest BCUT2D eigenvalue weighted by molar-refractivity contribution is -0.183. The largest absolute Gasteiger partial charge is 0.479 e. The molecule has 0 heterocycles.